The number of rotatable bonds is 2. The van der Waals surface area contributed by atoms with Crippen molar-refractivity contribution in [3.63, 3.8) is 0 Å². The second-order valence-electron chi connectivity index (χ2n) is 5.85. The van der Waals surface area contributed by atoms with Gasteiger partial charge in [-0.05, 0) is 49.3 Å². The Labute approximate surface area is 130 Å². The minimum absolute atomic E-state index is 0. The van der Waals surface area contributed by atoms with Crippen LogP contribution in [0.4, 0.5) is 0 Å². The molecule has 2 aliphatic rings. The second-order valence-corrected chi connectivity index (χ2v) is 6.76. The molecule has 1 saturated heterocycles. The molecule has 1 heterocycles. The van der Waals surface area contributed by atoms with Crippen molar-refractivity contribution in [2.45, 2.75) is 31.8 Å². The zero-order valence-corrected chi connectivity index (χ0v) is 13.7. The molecule has 0 aromatic heterocycles. The van der Waals surface area contributed by atoms with Gasteiger partial charge in [0.15, 0.2) is 0 Å². The van der Waals surface area contributed by atoms with Crippen molar-refractivity contribution in [3.05, 3.63) is 34.3 Å². The van der Waals surface area contributed by atoms with Crippen LogP contribution >= 0.6 is 28.3 Å². The van der Waals surface area contributed by atoms with Gasteiger partial charge in [0.05, 0.1) is 0 Å². The minimum Gasteiger partial charge on any atom is -0.327 e. The lowest BCUT2D eigenvalue weighted by Crippen LogP contribution is -2.31. The molecule has 19 heavy (non-hydrogen) atoms. The first-order valence-corrected chi connectivity index (χ1v) is 7.69. The minimum atomic E-state index is 0. The van der Waals surface area contributed by atoms with E-state index in [0.717, 1.165) is 16.3 Å². The zero-order chi connectivity index (χ0) is 12.7. The molecule has 1 aromatic rings. The van der Waals surface area contributed by atoms with Crippen LogP contribution < -0.4 is 5.73 Å². The third-order valence-corrected chi connectivity index (χ3v) is 5.37. The third-order valence-electron chi connectivity index (χ3n) is 4.84. The molecule has 2 nitrogen and oxygen atoms in total. The van der Waals surface area contributed by atoms with Crippen LogP contribution in [0.3, 0.4) is 0 Å². The van der Waals surface area contributed by atoms with E-state index < -0.39 is 0 Å². The largest absolute Gasteiger partial charge is 0.327 e. The van der Waals surface area contributed by atoms with Crippen LogP contribution in [0.25, 0.3) is 0 Å². The summed E-state index contributed by atoms with van der Waals surface area (Å²) in [6, 6.07) is 9.67. The highest BCUT2D eigenvalue weighted by molar-refractivity contribution is 9.10. The van der Waals surface area contributed by atoms with Crippen LogP contribution in [0.2, 0.25) is 0 Å². The predicted molar refractivity (Wildman–Crippen MR) is 85.6 cm³/mol. The molecule has 0 spiro atoms. The fraction of sp³-hybridized carbons (Fsp3) is 0.600. The van der Waals surface area contributed by atoms with Crippen molar-refractivity contribution in [2.75, 3.05) is 13.1 Å². The van der Waals surface area contributed by atoms with E-state index >= 15 is 0 Å². The number of nitrogens with two attached hydrogens (primary N) is 1. The molecule has 1 aliphatic carbocycles. The first-order chi connectivity index (χ1) is 8.65. The molecule has 3 rings (SSSR count). The first kappa shape index (κ1) is 15.3. The number of likely N-dealkylation sites (tertiary alicyclic amines) is 1. The Balaban J connectivity index is 0.00000133. The van der Waals surface area contributed by atoms with E-state index in [4.69, 9.17) is 5.73 Å². The highest BCUT2D eigenvalue weighted by Gasteiger charge is 2.42. The molecule has 0 amide bonds. The quantitative estimate of drug-likeness (QED) is 0.887. The van der Waals surface area contributed by atoms with Gasteiger partial charge in [-0.2, -0.15) is 0 Å². The van der Waals surface area contributed by atoms with E-state index in [-0.39, 0.29) is 12.4 Å². The molecule has 2 N–H and O–H groups in total. The van der Waals surface area contributed by atoms with Gasteiger partial charge in [0.25, 0.3) is 0 Å². The fourth-order valence-electron chi connectivity index (χ4n) is 3.61. The van der Waals surface area contributed by atoms with E-state index in [1.165, 1.54) is 31.5 Å². The predicted octanol–water partition coefficient (Wildman–Crippen LogP) is 3.60. The van der Waals surface area contributed by atoms with E-state index in [1.54, 1.807) is 0 Å². The molecule has 1 aromatic carbocycles. The summed E-state index contributed by atoms with van der Waals surface area (Å²) < 4.78 is 1.15. The Morgan fingerprint density at radius 2 is 1.89 bits per heavy atom. The zero-order valence-electron chi connectivity index (χ0n) is 11.3. The number of fused-ring (bicyclic) bond motifs is 1. The molecule has 4 unspecified atom stereocenters. The normalized spacial score (nSPS) is 31.8. The smallest absolute Gasteiger partial charge is 0.0320 e. The van der Waals surface area contributed by atoms with E-state index in [1.807, 2.05) is 0 Å². The molecule has 4 heteroatoms. The van der Waals surface area contributed by atoms with Crippen molar-refractivity contribution < 1.29 is 0 Å². The monoisotopic (exact) mass is 344 g/mol. The van der Waals surface area contributed by atoms with Gasteiger partial charge in [-0.1, -0.05) is 28.1 Å². The molecule has 106 valence electrons. The van der Waals surface area contributed by atoms with Gasteiger partial charge < -0.3 is 5.73 Å². The topological polar surface area (TPSA) is 29.3 Å². The van der Waals surface area contributed by atoms with Gasteiger partial charge in [0.1, 0.15) is 0 Å². The highest BCUT2D eigenvalue weighted by atomic mass is 79.9. The van der Waals surface area contributed by atoms with Crippen LogP contribution in [-0.4, -0.2) is 24.0 Å². The number of halogens is 2. The highest BCUT2D eigenvalue weighted by Crippen LogP contribution is 2.40. The summed E-state index contributed by atoms with van der Waals surface area (Å²) in [5.74, 6) is 1.58. The number of hydrogen-bond acceptors (Lipinski definition) is 2. The Kier molecular flexibility index (Phi) is 4.93. The summed E-state index contributed by atoms with van der Waals surface area (Å²) >= 11 is 3.50. The average Bonchev–Trinajstić information content (AvgIpc) is 2.92. The van der Waals surface area contributed by atoms with E-state index in [9.17, 15) is 0 Å². The second kappa shape index (κ2) is 6.13. The molecule has 0 bridgehead atoms. The summed E-state index contributed by atoms with van der Waals surface area (Å²) in [6.07, 6.45) is 2.56. The lowest BCUT2D eigenvalue weighted by molar-refractivity contribution is 0.239. The van der Waals surface area contributed by atoms with Gasteiger partial charge >= 0.3 is 0 Å². The van der Waals surface area contributed by atoms with Crippen LogP contribution in [0.5, 0.6) is 0 Å². The van der Waals surface area contributed by atoms with E-state index in [2.05, 4.69) is 52.0 Å². The SMILES string of the molecule is CC(c1ccc(Br)cc1)N1CC2CCC(N)C2C1.Cl. The lowest BCUT2D eigenvalue weighted by atomic mass is 9.98. The number of nitrogens with zero attached hydrogens (tertiary/aromatic N) is 1. The van der Waals surface area contributed by atoms with Gasteiger partial charge in [-0.15, -0.1) is 12.4 Å². The maximum Gasteiger partial charge on any atom is 0.0320 e. The average molecular weight is 346 g/mol. The molecule has 1 aliphatic heterocycles. The van der Waals surface area contributed by atoms with Crippen molar-refractivity contribution in [2.24, 2.45) is 17.6 Å². The van der Waals surface area contributed by atoms with Crippen molar-refractivity contribution >= 4 is 28.3 Å². The van der Waals surface area contributed by atoms with E-state index in [0.29, 0.717) is 12.1 Å². The van der Waals surface area contributed by atoms with Gasteiger partial charge in [0.2, 0.25) is 0 Å². The van der Waals surface area contributed by atoms with Crippen LogP contribution in [0.15, 0.2) is 28.7 Å². The van der Waals surface area contributed by atoms with Gasteiger partial charge in [-0.3, -0.25) is 4.90 Å². The third kappa shape index (κ3) is 2.99. The summed E-state index contributed by atoms with van der Waals surface area (Å²) in [5, 5.41) is 0. The maximum absolute atomic E-state index is 6.21. The standard InChI is InChI=1S/C15H21BrN2.ClH/c1-10(11-2-5-13(16)6-3-11)18-8-12-4-7-15(17)14(12)9-18;/h2-3,5-6,10,12,14-15H,4,7-9,17H2,1H3;1H. The van der Waals surface area contributed by atoms with Crippen molar-refractivity contribution in [3.8, 4) is 0 Å². The fourth-order valence-corrected chi connectivity index (χ4v) is 3.87. The first-order valence-electron chi connectivity index (χ1n) is 6.90. The molecular weight excluding hydrogens is 324 g/mol. The van der Waals surface area contributed by atoms with Crippen molar-refractivity contribution in [1.29, 1.82) is 0 Å². The lowest BCUT2D eigenvalue weighted by Gasteiger charge is -2.26. The van der Waals surface area contributed by atoms with Crippen molar-refractivity contribution in [1.82, 2.24) is 4.90 Å². The Morgan fingerprint density at radius 1 is 1.21 bits per heavy atom. The molecule has 4 atom stereocenters. The summed E-state index contributed by atoms with van der Waals surface area (Å²) in [4.78, 5) is 2.61. The maximum atomic E-state index is 6.21. The summed E-state index contributed by atoms with van der Waals surface area (Å²) in [6.45, 7) is 4.73. The molecule has 1 saturated carbocycles. The molecule has 2 fully saturated rings. The molecule has 0 radical (unpaired) electrons. The Morgan fingerprint density at radius 3 is 2.53 bits per heavy atom. The summed E-state index contributed by atoms with van der Waals surface area (Å²) in [7, 11) is 0. The number of hydrogen-bond donors (Lipinski definition) is 1. The van der Waals surface area contributed by atoms with Gasteiger partial charge in [-0.25, -0.2) is 0 Å². The van der Waals surface area contributed by atoms with Crippen LogP contribution in [0.1, 0.15) is 31.4 Å². The Bertz CT molecular complexity index is 423. The summed E-state index contributed by atoms with van der Waals surface area (Å²) in [5.41, 5.74) is 7.62. The number of benzene rings is 1. The molecular formula is C15H22BrClN2. The Hall–Kier alpha value is -0.0900. The van der Waals surface area contributed by atoms with Gasteiger partial charge in [0, 0.05) is 29.6 Å². The van der Waals surface area contributed by atoms with Crippen LogP contribution in [-0.2, 0) is 0 Å². The van der Waals surface area contributed by atoms with Crippen LogP contribution in [0, 0.1) is 11.8 Å².